The van der Waals surface area contributed by atoms with Crippen LogP contribution in [-0.4, -0.2) is 48.8 Å². The van der Waals surface area contributed by atoms with Crippen molar-refractivity contribution in [3.8, 4) is 22.8 Å². The molecule has 8 nitrogen and oxygen atoms in total. The van der Waals surface area contributed by atoms with Crippen molar-refractivity contribution in [2.24, 2.45) is 0 Å². The predicted octanol–water partition coefficient (Wildman–Crippen LogP) is 4.33. The Labute approximate surface area is 196 Å². The number of hydrogen-bond acceptors (Lipinski definition) is 6. The molecule has 0 saturated carbocycles. The molecule has 0 aliphatic carbocycles. The minimum atomic E-state index is -0.138. The maximum absolute atomic E-state index is 12.8. The number of rotatable bonds is 8. The van der Waals surface area contributed by atoms with Crippen LogP contribution in [0.4, 0.5) is 11.4 Å². The predicted molar refractivity (Wildman–Crippen MR) is 126 cm³/mol. The minimum absolute atomic E-state index is 0.138. The fourth-order valence-electron chi connectivity index (χ4n) is 4.17. The van der Waals surface area contributed by atoms with Gasteiger partial charge in [0.25, 0.3) is 5.91 Å². The number of amides is 1. The number of aromatic nitrogens is 2. The summed E-state index contributed by atoms with van der Waals surface area (Å²) in [5, 5.41) is 6.80. The highest BCUT2D eigenvalue weighted by Crippen LogP contribution is 2.42. The maximum atomic E-state index is 12.8. The Morgan fingerprint density at radius 1 is 1.33 bits per heavy atom. The van der Waals surface area contributed by atoms with Gasteiger partial charge in [-0.05, 0) is 24.6 Å². The molecule has 1 aromatic carbocycles. The summed E-state index contributed by atoms with van der Waals surface area (Å²) in [6.07, 6.45) is 6.25. The Kier molecular flexibility index (Phi) is 6.11. The first kappa shape index (κ1) is 21.6. The molecule has 172 valence electrons. The van der Waals surface area contributed by atoms with Crippen LogP contribution >= 0.6 is 11.6 Å². The molecule has 5 rings (SSSR count). The Bertz CT molecular complexity index is 1180. The zero-order valence-corrected chi connectivity index (χ0v) is 19.0. The molecule has 3 N–H and O–H groups in total. The van der Waals surface area contributed by atoms with Crippen molar-refractivity contribution in [2.45, 2.75) is 25.4 Å². The summed E-state index contributed by atoms with van der Waals surface area (Å²) >= 11 is 6.33. The van der Waals surface area contributed by atoms with Crippen LogP contribution in [-0.2, 0) is 11.2 Å². The zero-order chi connectivity index (χ0) is 22.8. The van der Waals surface area contributed by atoms with E-state index in [4.69, 9.17) is 25.8 Å². The molecule has 0 unspecified atom stereocenters. The number of pyridine rings is 1. The molecule has 9 heteroatoms. The Morgan fingerprint density at radius 2 is 2.21 bits per heavy atom. The summed E-state index contributed by atoms with van der Waals surface area (Å²) < 4.78 is 17.1. The van der Waals surface area contributed by atoms with E-state index in [9.17, 15) is 4.79 Å². The third kappa shape index (κ3) is 4.24. The number of anilines is 2. The Hall–Kier alpha value is -3.23. The quantitative estimate of drug-likeness (QED) is 0.455. The van der Waals surface area contributed by atoms with Crippen LogP contribution in [0.2, 0.25) is 5.02 Å². The van der Waals surface area contributed by atoms with Gasteiger partial charge in [0.2, 0.25) is 0 Å². The average Bonchev–Trinajstić information content (AvgIpc) is 3.15. The number of halogens is 1. The normalized spacial score (nSPS) is 17.0. The monoisotopic (exact) mass is 468 g/mol. The molecule has 1 atom stereocenters. The van der Waals surface area contributed by atoms with Gasteiger partial charge >= 0.3 is 0 Å². The van der Waals surface area contributed by atoms with Gasteiger partial charge in [-0.3, -0.25) is 9.78 Å². The van der Waals surface area contributed by atoms with Crippen LogP contribution < -0.4 is 20.1 Å². The number of ether oxygens (including phenoxy) is 3. The third-order valence-corrected chi connectivity index (χ3v) is 6.24. The molecule has 3 aromatic rings. The number of benzene rings is 1. The second-order valence-corrected chi connectivity index (χ2v) is 8.38. The van der Waals surface area contributed by atoms with Crippen LogP contribution in [0.1, 0.15) is 28.9 Å². The van der Waals surface area contributed by atoms with E-state index in [-0.39, 0.29) is 12.0 Å². The fraction of sp³-hybridized carbons (Fsp3) is 0.333. The zero-order valence-electron chi connectivity index (χ0n) is 18.2. The van der Waals surface area contributed by atoms with E-state index in [2.05, 4.69) is 20.6 Å². The summed E-state index contributed by atoms with van der Waals surface area (Å²) in [5.74, 6) is 1.00. The second-order valence-electron chi connectivity index (χ2n) is 7.97. The van der Waals surface area contributed by atoms with E-state index < -0.39 is 0 Å². The minimum Gasteiger partial charge on any atom is -0.493 e. The van der Waals surface area contributed by atoms with E-state index >= 15 is 0 Å². The van der Waals surface area contributed by atoms with Gasteiger partial charge in [-0.2, -0.15) is 0 Å². The smallest absolute Gasteiger partial charge is 0.255 e. The van der Waals surface area contributed by atoms with Gasteiger partial charge in [0.05, 0.1) is 53.7 Å². The Morgan fingerprint density at radius 3 is 3.00 bits per heavy atom. The number of fused-ring (bicyclic) bond motifs is 1. The molecule has 2 aliphatic rings. The van der Waals surface area contributed by atoms with Gasteiger partial charge in [-0.1, -0.05) is 17.7 Å². The number of H-pyrrole nitrogens is 1. The maximum Gasteiger partial charge on any atom is 0.255 e. The average molecular weight is 469 g/mol. The summed E-state index contributed by atoms with van der Waals surface area (Å²) in [6, 6.07) is 7.32. The first-order valence-electron chi connectivity index (χ1n) is 11.0. The third-order valence-electron chi connectivity index (χ3n) is 5.94. The molecule has 2 aromatic heterocycles. The first-order chi connectivity index (χ1) is 16.2. The lowest BCUT2D eigenvalue weighted by Gasteiger charge is -2.26. The van der Waals surface area contributed by atoms with Gasteiger partial charge < -0.3 is 29.8 Å². The Balaban J connectivity index is 1.55. The highest BCUT2D eigenvalue weighted by molar-refractivity contribution is 6.32. The molecule has 1 saturated heterocycles. The fourth-order valence-corrected chi connectivity index (χ4v) is 4.42. The van der Waals surface area contributed by atoms with E-state index in [0.29, 0.717) is 53.0 Å². The van der Waals surface area contributed by atoms with Gasteiger partial charge in [0.15, 0.2) is 5.75 Å². The summed E-state index contributed by atoms with van der Waals surface area (Å²) in [6.45, 7) is 1.92. The second kappa shape index (κ2) is 9.33. The van der Waals surface area contributed by atoms with Crippen molar-refractivity contribution >= 4 is 28.9 Å². The van der Waals surface area contributed by atoms with Crippen molar-refractivity contribution < 1.29 is 19.0 Å². The topological polar surface area (TPSA) is 97.5 Å². The lowest BCUT2D eigenvalue weighted by molar-refractivity contribution is -0.0596. The van der Waals surface area contributed by atoms with Gasteiger partial charge in [0.1, 0.15) is 5.75 Å². The molecule has 0 spiro atoms. The number of nitrogens with zero attached hydrogens (tertiary/aromatic N) is 1. The molecular weight excluding hydrogens is 444 g/mol. The number of aromatic amines is 1. The first-order valence-corrected chi connectivity index (χ1v) is 11.3. The van der Waals surface area contributed by atoms with Crippen molar-refractivity contribution in [3.63, 3.8) is 0 Å². The molecule has 1 amide bonds. The van der Waals surface area contributed by atoms with Crippen LogP contribution in [0.25, 0.3) is 11.3 Å². The van der Waals surface area contributed by atoms with E-state index in [1.807, 2.05) is 18.2 Å². The van der Waals surface area contributed by atoms with Crippen molar-refractivity contribution in [2.75, 3.05) is 32.2 Å². The molecule has 0 bridgehead atoms. The number of methoxy groups -OCH3 is 1. The number of carbonyl (C=O) groups is 1. The summed E-state index contributed by atoms with van der Waals surface area (Å²) in [7, 11) is 1.56. The molecule has 33 heavy (non-hydrogen) atoms. The van der Waals surface area contributed by atoms with Gasteiger partial charge in [-0.25, -0.2) is 0 Å². The molecular formula is C24H25ClN4O4. The van der Waals surface area contributed by atoms with Gasteiger partial charge in [-0.15, -0.1) is 0 Å². The lowest BCUT2D eigenvalue weighted by atomic mass is 10.0. The van der Waals surface area contributed by atoms with E-state index in [1.165, 1.54) is 0 Å². The standard InChI is InChI=1S/C24H25ClN4O4/c1-31-23-16(25)3-2-4-18(23)29-22-20-17(6-10-27-24(20)30)28-21(22)15-5-9-26-13-19(15)33-12-8-14-7-11-32-14/h2-5,9,13-14,28-29H,6-8,10-12H2,1H3,(H,27,30)/t14-/m0/s1. The van der Waals surface area contributed by atoms with Crippen LogP contribution in [0.5, 0.6) is 11.5 Å². The van der Waals surface area contributed by atoms with E-state index in [0.717, 1.165) is 36.4 Å². The summed E-state index contributed by atoms with van der Waals surface area (Å²) in [4.78, 5) is 20.5. The molecule has 0 radical (unpaired) electrons. The summed E-state index contributed by atoms with van der Waals surface area (Å²) in [5.41, 5.74) is 4.29. The lowest BCUT2D eigenvalue weighted by Crippen LogP contribution is -2.31. The van der Waals surface area contributed by atoms with E-state index in [1.54, 1.807) is 25.6 Å². The van der Waals surface area contributed by atoms with Crippen molar-refractivity contribution in [1.29, 1.82) is 0 Å². The SMILES string of the molecule is COc1c(Cl)cccc1Nc1c(-c2ccncc2OCC[C@@H]2CCO2)[nH]c2c1C(=O)NCC2. The molecule has 2 aliphatic heterocycles. The number of nitrogens with one attached hydrogen (secondary N) is 3. The molecule has 1 fully saturated rings. The van der Waals surface area contributed by atoms with Crippen LogP contribution in [0.3, 0.4) is 0 Å². The van der Waals surface area contributed by atoms with Crippen molar-refractivity contribution in [3.05, 3.63) is 52.9 Å². The van der Waals surface area contributed by atoms with Crippen LogP contribution in [0.15, 0.2) is 36.7 Å². The van der Waals surface area contributed by atoms with Gasteiger partial charge in [0, 0.05) is 43.4 Å². The molecule has 4 heterocycles. The van der Waals surface area contributed by atoms with Crippen LogP contribution in [0, 0.1) is 0 Å². The largest absolute Gasteiger partial charge is 0.493 e. The number of hydrogen-bond donors (Lipinski definition) is 3. The number of carbonyl (C=O) groups excluding carboxylic acids is 1. The highest BCUT2D eigenvalue weighted by atomic mass is 35.5. The highest BCUT2D eigenvalue weighted by Gasteiger charge is 2.29. The number of para-hydroxylation sites is 1. The van der Waals surface area contributed by atoms with Crippen molar-refractivity contribution in [1.82, 2.24) is 15.3 Å².